The zero-order valence-electron chi connectivity index (χ0n) is 15.1. The molecule has 2 rings (SSSR count). The van der Waals surface area contributed by atoms with E-state index >= 15 is 0 Å². The van der Waals surface area contributed by atoms with Crippen molar-refractivity contribution in [2.75, 3.05) is 0 Å². The van der Waals surface area contributed by atoms with Crippen LogP contribution in [0.1, 0.15) is 25.8 Å². The molecule has 2 aromatic rings. The lowest BCUT2D eigenvalue weighted by Crippen LogP contribution is -2.48. The first-order chi connectivity index (χ1) is 12.6. The fraction of sp³-hybridized carbons (Fsp3) is 0.316. The van der Waals surface area contributed by atoms with E-state index in [9.17, 15) is 17.6 Å². The molecule has 0 saturated heterocycles. The Morgan fingerprint density at radius 2 is 1.81 bits per heavy atom. The van der Waals surface area contributed by atoms with E-state index in [-0.39, 0.29) is 23.8 Å². The predicted octanol–water partition coefficient (Wildman–Crippen LogP) is 3.57. The second-order valence-electron chi connectivity index (χ2n) is 6.68. The predicted molar refractivity (Wildman–Crippen MR) is 103 cm³/mol. The molecule has 0 fully saturated rings. The Morgan fingerprint density at radius 1 is 1.19 bits per heavy atom. The SMILES string of the molecule is CC(C)CC(C(N)=O)N(Cc1cccc(F)c1)S(=O)(=O)c1ccc(Cl)cc1. The molecule has 0 heterocycles. The van der Waals surface area contributed by atoms with Gasteiger partial charge in [-0.2, -0.15) is 4.31 Å². The molecule has 27 heavy (non-hydrogen) atoms. The molecule has 2 aromatic carbocycles. The first kappa shape index (κ1) is 21.3. The van der Waals surface area contributed by atoms with Gasteiger partial charge in [-0.25, -0.2) is 12.8 Å². The quantitative estimate of drug-likeness (QED) is 0.719. The van der Waals surface area contributed by atoms with Crippen molar-refractivity contribution in [1.29, 1.82) is 0 Å². The molecule has 146 valence electrons. The Bertz CT molecular complexity index is 901. The van der Waals surface area contributed by atoms with E-state index in [1.54, 1.807) is 6.07 Å². The summed E-state index contributed by atoms with van der Waals surface area (Å²) in [4.78, 5) is 12.1. The minimum Gasteiger partial charge on any atom is -0.368 e. The van der Waals surface area contributed by atoms with Crippen LogP contribution in [-0.4, -0.2) is 24.7 Å². The molecule has 1 amide bonds. The van der Waals surface area contributed by atoms with E-state index in [2.05, 4.69) is 0 Å². The summed E-state index contributed by atoms with van der Waals surface area (Å²) in [6.45, 7) is 3.56. The highest BCUT2D eigenvalue weighted by Gasteiger charge is 2.35. The van der Waals surface area contributed by atoms with Gasteiger partial charge in [-0.1, -0.05) is 37.6 Å². The number of sulfonamides is 1. The van der Waals surface area contributed by atoms with Crippen LogP contribution in [0.3, 0.4) is 0 Å². The van der Waals surface area contributed by atoms with Gasteiger partial charge in [0.15, 0.2) is 0 Å². The van der Waals surface area contributed by atoms with Crippen LogP contribution in [-0.2, 0) is 21.4 Å². The van der Waals surface area contributed by atoms with E-state index in [0.29, 0.717) is 10.6 Å². The highest BCUT2D eigenvalue weighted by Crippen LogP contribution is 2.25. The molecule has 0 aliphatic rings. The minimum atomic E-state index is -4.07. The molecule has 0 spiro atoms. The van der Waals surface area contributed by atoms with Crippen molar-refractivity contribution >= 4 is 27.5 Å². The number of carbonyl (C=O) groups excluding carboxylic acids is 1. The lowest BCUT2D eigenvalue weighted by atomic mass is 10.0. The zero-order valence-corrected chi connectivity index (χ0v) is 16.7. The first-order valence-electron chi connectivity index (χ1n) is 8.42. The topological polar surface area (TPSA) is 80.5 Å². The third-order valence-corrected chi connectivity index (χ3v) is 6.14. The third kappa shape index (κ3) is 5.51. The monoisotopic (exact) mass is 412 g/mol. The first-order valence-corrected chi connectivity index (χ1v) is 10.2. The fourth-order valence-corrected chi connectivity index (χ4v) is 4.46. The molecule has 5 nitrogen and oxygen atoms in total. The van der Waals surface area contributed by atoms with Crippen LogP contribution < -0.4 is 5.73 Å². The molecular weight excluding hydrogens is 391 g/mol. The van der Waals surface area contributed by atoms with Crippen molar-refractivity contribution in [3.05, 3.63) is 64.9 Å². The third-order valence-electron chi connectivity index (χ3n) is 4.02. The summed E-state index contributed by atoms with van der Waals surface area (Å²) in [5.74, 6) is -1.22. The Labute approximate surface area is 164 Å². The summed E-state index contributed by atoms with van der Waals surface area (Å²) in [6, 6.07) is 10.2. The Hall–Kier alpha value is -1.96. The second-order valence-corrected chi connectivity index (χ2v) is 9.01. The van der Waals surface area contributed by atoms with Gasteiger partial charge in [-0.05, 0) is 54.3 Å². The van der Waals surface area contributed by atoms with E-state index in [0.717, 1.165) is 4.31 Å². The van der Waals surface area contributed by atoms with Crippen LogP contribution in [0, 0.1) is 11.7 Å². The van der Waals surface area contributed by atoms with Crippen LogP contribution >= 0.6 is 11.6 Å². The van der Waals surface area contributed by atoms with Crippen LogP contribution in [0.15, 0.2) is 53.4 Å². The molecule has 1 atom stereocenters. The highest BCUT2D eigenvalue weighted by molar-refractivity contribution is 7.89. The molecule has 1 unspecified atom stereocenters. The van der Waals surface area contributed by atoms with E-state index in [1.807, 2.05) is 13.8 Å². The van der Waals surface area contributed by atoms with Crippen molar-refractivity contribution in [2.24, 2.45) is 11.7 Å². The molecule has 8 heteroatoms. The number of nitrogens with zero attached hydrogens (tertiary/aromatic N) is 1. The summed E-state index contributed by atoms with van der Waals surface area (Å²) < 4.78 is 41.1. The summed E-state index contributed by atoms with van der Waals surface area (Å²) in [6.07, 6.45) is 0.247. The molecule has 0 aromatic heterocycles. The normalized spacial score (nSPS) is 13.1. The minimum absolute atomic E-state index is 0.0155. The molecule has 0 saturated carbocycles. The smallest absolute Gasteiger partial charge is 0.244 e. The standard InChI is InChI=1S/C19H22ClFN2O3S/c1-13(2)10-18(19(22)24)23(12-14-4-3-5-16(21)11-14)27(25,26)17-8-6-15(20)7-9-17/h3-9,11,13,18H,10,12H2,1-2H3,(H2,22,24). The molecule has 0 aliphatic heterocycles. The van der Waals surface area contributed by atoms with Crippen LogP contribution in [0.2, 0.25) is 5.02 Å². The second kappa shape index (κ2) is 8.82. The number of nitrogens with two attached hydrogens (primary N) is 1. The summed E-state index contributed by atoms with van der Waals surface area (Å²) in [5, 5.41) is 0.388. The lowest BCUT2D eigenvalue weighted by Gasteiger charge is -2.30. The number of rotatable bonds is 8. The van der Waals surface area contributed by atoms with Crippen molar-refractivity contribution in [1.82, 2.24) is 4.31 Å². The summed E-state index contributed by atoms with van der Waals surface area (Å²) in [7, 11) is -4.07. The molecule has 2 N–H and O–H groups in total. The van der Waals surface area contributed by atoms with E-state index in [1.165, 1.54) is 42.5 Å². The van der Waals surface area contributed by atoms with Crippen LogP contribution in [0.4, 0.5) is 4.39 Å². The van der Waals surface area contributed by atoms with Gasteiger partial charge in [0.05, 0.1) is 4.90 Å². The Balaban J connectivity index is 2.53. The number of hydrogen-bond acceptors (Lipinski definition) is 3. The summed E-state index contributed by atoms with van der Waals surface area (Å²) in [5.41, 5.74) is 5.95. The molecule has 0 bridgehead atoms. The fourth-order valence-electron chi connectivity index (χ4n) is 2.74. The molecule has 0 aliphatic carbocycles. The number of carbonyl (C=O) groups is 1. The lowest BCUT2D eigenvalue weighted by molar-refractivity contribution is -0.122. The van der Waals surface area contributed by atoms with E-state index < -0.39 is 27.8 Å². The van der Waals surface area contributed by atoms with Crippen molar-refractivity contribution in [2.45, 2.75) is 37.8 Å². The number of benzene rings is 2. The van der Waals surface area contributed by atoms with Crippen molar-refractivity contribution in [3.8, 4) is 0 Å². The number of amides is 1. The van der Waals surface area contributed by atoms with E-state index in [4.69, 9.17) is 17.3 Å². The maximum atomic E-state index is 13.6. The number of halogens is 2. The van der Waals surface area contributed by atoms with Gasteiger partial charge >= 0.3 is 0 Å². The highest BCUT2D eigenvalue weighted by atomic mass is 35.5. The maximum absolute atomic E-state index is 13.6. The van der Waals surface area contributed by atoms with Gasteiger partial charge in [0.1, 0.15) is 11.9 Å². The zero-order chi connectivity index (χ0) is 20.2. The average Bonchev–Trinajstić information content (AvgIpc) is 2.58. The van der Waals surface area contributed by atoms with Crippen molar-refractivity contribution in [3.63, 3.8) is 0 Å². The molecule has 0 radical (unpaired) electrons. The largest absolute Gasteiger partial charge is 0.368 e. The Kier molecular flexibility index (Phi) is 6.97. The van der Waals surface area contributed by atoms with Gasteiger partial charge in [0.25, 0.3) is 0 Å². The van der Waals surface area contributed by atoms with Gasteiger partial charge in [0.2, 0.25) is 15.9 Å². The van der Waals surface area contributed by atoms with Crippen molar-refractivity contribution < 1.29 is 17.6 Å². The summed E-state index contributed by atoms with van der Waals surface area (Å²) >= 11 is 5.85. The average molecular weight is 413 g/mol. The van der Waals surface area contributed by atoms with Gasteiger partial charge in [-0.3, -0.25) is 4.79 Å². The van der Waals surface area contributed by atoms with Gasteiger partial charge in [-0.15, -0.1) is 0 Å². The Morgan fingerprint density at radius 3 is 2.33 bits per heavy atom. The van der Waals surface area contributed by atoms with Crippen LogP contribution in [0.25, 0.3) is 0 Å². The molecular formula is C19H22ClFN2O3S. The number of primary amides is 1. The van der Waals surface area contributed by atoms with Crippen LogP contribution in [0.5, 0.6) is 0 Å². The van der Waals surface area contributed by atoms with Gasteiger partial charge in [0, 0.05) is 11.6 Å². The maximum Gasteiger partial charge on any atom is 0.244 e. The number of hydrogen-bond donors (Lipinski definition) is 1. The van der Waals surface area contributed by atoms with Gasteiger partial charge < -0.3 is 5.73 Å².